The summed E-state index contributed by atoms with van der Waals surface area (Å²) >= 11 is 0. The maximum absolute atomic E-state index is 13.2. The molecule has 1 aromatic rings. The molecule has 1 amide bonds. The third-order valence-corrected chi connectivity index (χ3v) is 2.19. The Morgan fingerprint density at radius 3 is 2.06 bits per heavy atom. The van der Waals surface area contributed by atoms with Crippen LogP contribution in [0.4, 0.5) is 14.5 Å². The maximum atomic E-state index is 13.2. The number of anilines is 1. The van der Waals surface area contributed by atoms with E-state index >= 15 is 0 Å². The molecule has 0 radical (unpaired) electrons. The van der Waals surface area contributed by atoms with Crippen LogP contribution in [0.5, 0.6) is 0 Å². The van der Waals surface area contributed by atoms with Crippen LogP contribution in [0.1, 0.15) is 10.4 Å². The summed E-state index contributed by atoms with van der Waals surface area (Å²) in [6.07, 6.45) is 0.744. The Balaban J connectivity index is 3.28. The number of carbonyl (C=O) groups excluding carboxylic acids is 1. The number of benzene rings is 1. The zero-order valence-corrected chi connectivity index (χ0v) is 8.94. The molecule has 0 aromatic heterocycles. The van der Waals surface area contributed by atoms with Crippen LogP contribution in [0.3, 0.4) is 0 Å². The molecule has 0 aliphatic rings. The van der Waals surface area contributed by atoms with Crippen molar-refractivity contribution in [1.82, 2.24) is 0 Å². The summed E-state index contributed by atoms with van der Waals surface area (Å²) in [7, 11) is -3.80. The number of amides is 1. The normalized spacial score (nSPS) is 11.2. The molecule has 88 valence electrons. The molecule has 0 fully saturated rings. The molecular formula is C8H8F2N2O3S. The summed E-state index contributed by atoms with van der Waals surface area (Å²) in [6.45, 7) is 0. The number of rotatable bonds is 3. The summed E-state index contributed by atoms with van der Waals surface area (Å²) in [5.41, 5.74) is 3.60. The van der Waals surface area contributed by atoms with Gasteiger partial charge in [-0.1, -0.05) is 0 Å². The summed E-state index contributed by atoms with van der Waals surface area (Å²) < 4.78 is 49.7. The highest BCUT2D eigenvalue weighted by Crippen LogP contribution is 2.21. The lowest BCUT2D eigenvalue weighted by Gasteiger charge is -2.07. The molecule has 0 bridgehead atoms. The summed E-state index contributed by atoms with van der Waals surface area (Å²) in [6, 6.07) is 1.30. The first-order valence-corrected chi connectivity index (χ1v) is 5.86. The third-order valence-electron chi connectivity index (χ3n) is 1.61. The topological polar surface area (TPSA) is 89.3 Å². The van der Waals surface area contributed by atoms with Crippen LogP contribution in [0.2, 0.25) is 0 Å². The predicted molar refractivity (Wildman–Crippen MR) is 53.3 cm³/mol. The second-order valence-corrected chi connectivity index (χ2v) is 4.80. The number of hydrogen-bond acceptors (Lipinski definition) is 3. The van der Waals surface area contributed by atoms with Crippen molar-refractivity contribution in [3.05, 3.63) is 29.3 Å². The molecule has 0 unspecified atom stereocenters. The molecule has 1 rings (SSSR count). The number of nitrogens with two attached hydrogens (primary N) is 1. The first kappa shape index (κ1) is 12.4. The van der Waals surface area contributed by atoms with Gasteiger partial charge in [0, 0.05) is 5.56 Å². The molecule has 0 aliphatic heterocycles. The molecule has 0 saturated heterocycles. The molecule has 0 atom stereocenters. The van der Waals surface area contributed by atoms with E-state index in [1.165, 1.54) is 0 Å². The predicted octanol–water partition coefficient (Wildman–Crippen LogP) is 0.435. The van der Waals surface area contributed by atoms with E-state index in [1.54, 1.807) is 4.72 Å². The zero-order chi connectivity index (χ0) is 12.5. The molecule has 16 heavy (non-hydrogen) atoms. The van der Waals surface area contributed by atoms with E-state index in [4.69, 9.17) is 5.73 Å². The van der Waals surface area contributed by atoms with Gasteiger partial charge in [0.05, 0.1) is 6.26 Å². The minimum absolute atomic E-state index is 0.381. The van der Waals surface area contributed by atoms with E-state index in [-0.39, 0.29) is 5.56 Å². The number of carbonyl (C=O) groups is 1. The number of sulfonamides is 1. The van der Waals surface area contributed by atoms with Crippen LogP contribution in [0.25, 0.3) is 0 Å². The monoisotopic (exact) mass is 250 g/mol. The van der Waals surface area contributed by atoms with Crippen LogP contribution in [0.15, 0.2) is 12.1 Å². The Bertz CT molecular complexity index is 519. The van der Waals surface area contributed by atoms with Gasteiger partial charge in [0.2, 0.25) is 15.9 Å². The number of hydrogen-bond donors (Lipinski definition) is 2. The largest absolute Gasteiger partial charge is 0.366 e. The van der Waals surface area contributed by atoms with Crippen molar-refractivity contribution in [2.45, 2.75) is 0 Å². The molecule has 5 nitrogen and oxygen atoms in total. The van der Waals surface area contributed by atoms with Crippen molar-refractivity contribution in [1.29, 1.82) is 0 Å². The molecule has 0 spiro atoms. The van der Waals surface area contributed by atoms with Gasteiger partial charge in [-0.25, -0.2) is 17.2 Å². The average Bonchev–Trinajstić information content (AvgIpc) is 2.09. The lowest BCUT2D eigenvalue weighted by Crippen LogP contribution is -2.15. The molecule has 8 heteroatoms. The second-order valence-electron chi connectivity index (χ2n) is 3.05. The Hall–Kier alpha value is -1.70. The molecule has 3 N–H and O–H groups in total. The summed E-state index contributed by atoms with van der Waals surface area (Å²) in [5, 5.41) is 0. The van der Waals surface area contributed by atoms with E-state index in [9.17, 15) is 22.0 Å². The minimum atomic E-state index is -3.80. The van der Waals surface area contributed by atoms with Gasteiger partial charge in [-0.2, -0.15) is 0 Å². The first-order chi connectivity index (χ1) is 7.20. The van der Waals surface area contributed by atoms with Crippen molar-refractivity contribution >= 4 is 21.6 Å². The van der Waals surface area contributed by atoms with Gasteiger partial charge in [0.1, 0.15) is 5.69 Å². The van der Waals surface area contributed by atoms with E-state index < -0.39 is 33.3 Å². The number of nitrogens with one attached hydrogen (secondary N) is 1. The van der Waals surface area contributed by atoms with Gasteiger partial charge in [0.25, 0.3) is 0 Å². The Morgan fingerprint density at radius 2 is 1.75 bits per heavy atom. The van der Waals surface area contributed by atoms with Crippen molar-refractivity contribution < 1.29 is 22.0 Å². The van der Waals surface area contributed by atoms with E-state index in [2.05, 4.69) is 0 Å². The first-order valence-electron chi connectivity index (χ1n) is 3.97. The fourth-order valence-electron chi connectivity index (χ4n) is 0.998. The summed E-state index contributed by atoms with van der Waals surface area (Å²) in [5.74, 6) is -3.43. The van der Waals surface area contributed by atoms with Gasteiger partial charge in [-0.15, -0.1) is 0 Å². The van der Waals surface area contributed by atoms with Gasteiger partial charge in [-0.05, 0) is 12.1 Å². The zero-order valence-electron chi connectivity index (χ0n) is 8.12. The number of primary amides is 1. The fraction of sp³-hybridized carbons (Fsp3) is 0.125. The van der Waals surface area contributed by atoms with Gasteiger partial charge >= 0.3 is 0 Å². The van der Waals surface area contributed by atoms with Gasteiger partial charge in [-0.3, -0.25) is 9.52 Å². The highest BCUT2D eigenvalue weighted by atomic mass is 32.2. The molecular weight excluding hydrogens is 242 g/mol. The Labute approximate surface area is 90.3 Å². The van der Waals surface area contributed by atoms with E-state index in [0.29, 0.717) is 12.1 Å². The Kier molecular flexibility index (Phi) is 3.13. The van der Waals surface area contributed by atoms with E-state index in [0.717, 1.165) is 6.26 Å². The third kappa shape index (κ3) is 2.89. The minimum Gasteiger partial charge on any atom is -0.366 e. The highest BCUT2D eigenvalue weighted by molar-refractivity contribution is 7.92. The average molecular weight is 250 g/mol. The molecule has 0 saturated carbocycles. The Morgan fingerprint density at radius 1 is 1.31 bits per heavy atom. The smallest absolute Gasteiger partial charge is 0.248 e. The SMILES string of the molecule is CS(=O)(=O)Nc1c(F)cc(C(N)=O)cc1F. The lowest BCUT2D eigenvalue weighted by molar-refractivity contribution is 0.0999. The van der Waals surface area contributed by atoms with Crippen LogP contribution >= 0.6 is 0 Å². The quantitative estimate of drug-likeness (QED) is 0.815. The van der Waals surface area contributed by atoms with Crippen molar-refractivity contribution in [3.8, 4) is 0 Å². The summed E-state index contributed by atoms with van der Waals surface area (Å²) in [4.78, 5) is 10.7. The molecule has 0 heterocycles. The molecule has 1 aromatic carbocycles. The second kappa shape index (κ2) is 4.05. The lowest BCUT2D eigenvalue weighted by atomic mass is 10.2. The van der Waals surface area contributed by atoms with Crippen LogP contribution in [-0.4, -0.2) is 20.6 Å². The van der Waals surface area contributed by atoms with Crippen LogP contribution < -0.4 is 10.5 Å². The van der Waals surface area contributed by atoms with Crippen LogP contribution in [-0.2, 0) is 10.0 Å². The van der Waals surface area contributed by atoms with Crippen molar-refractivity contribution in [2.24, 2.45) is 5.73 Å². The standard InChI is InChI=1S/C8H8F2N2O3S/c1-16(14,15)12-7-5(9)2-4(8(11)13)3-6(7)10/h2-3,12H,1H3,(H2,11,13). The maximum Gasteiger partial charge on any atom is 0.248 e. The fourth-order valence-corrected chi connectivity index (χ4v) is 1.56. The van der Waals surface area contributed by atoms with Crippen LogP contribution in [0, 0.1) is 11.6 Å². The van der Waals surface area contributed by atoms with E-state index in [1.807, 2.05) is 0 Å². The molecule has 0 aliphatic carbocycles. The highest BCUT2D eigenvalue weighted by Gasteiger charge is 2.16. The number of halogens is 2. The van der Waals surface area contributed by atoms with Crippen molar-refractivity contribution in [3.63, 3.8) is 0 Å². The van der Waals surface area contributed by atoms with Gasteiger partial charge in [0.15, 0.2) is 11.6 Å². The van der Waals surface area contributed by atoms with Gasteiger partial charge < -0.3 is 5.73 Å². The van der Waals surface area contributed by atoms with Crippen molar-refractivity contribution in [2.75, 3.05) is 11.0 Å².